The van der Waals surface area contributed by atoms with Crippen molar-refractivity contribution in [1.82, 2.24) is 9.78 Å². The monoisotopic (exact) mass is 342 g/mol. The molecule has 6 heteroatoms. The van der Waals surface area contributed by atoms with Gasteiger partial charge in [-0.2, -0.15) is 5.10 Å². The number of rotatable bonds is 5. The molecule has 0 fully saturated rings. The van der Waals surface area contributed by atoms with E-state index < -0.39 is 17.6 Å². The smallest absolute Gasteiger partial charge is 0.344 e. The summed E-state index contributed by atoms with van der Waals surface area (Å²) < 4.78 is 33.3. The Hall–Kier alpha value is -3.02. The van der Waals surface area contributed by atoms with Crippen LogP contribution in [0.4, 0.5) is 8.78 Å². The molecule has 0 aliphatic carbocycles. The SMILES string of the molecule is CCCc1cc(OC(=O)c2ccc(F)cc2)n(-c2cccc(F)c2)n1. The van der Waals surface area contributed by atoms with Crippen LogP contribution in [0.1, 0.15) is 29.4 Å². The zero-order valence-electron chi connectivity index (χ0n) is 13.6. The van der Waals surface area contributed by atoms with Crippen LogP contribution in [0.3, 0.4) is 0 Å². The van der Waals surface area contributed by atoms with E-state index in [4.69, 9.17) is 4.74 Å². The van der Waals surface area contributed by atoms with E-state index in [-0.39, 0.29) is 11.4 Å². The molecule has 1 aromatic heterocycles. The standard InChI is InChI=1S/C19H16F2N2O2/c1-2-4-16-12-18(23(22-16)17-6-3-5-15(21)11-17)25-19(24)13-7-9-14(20)10-8-13/h3,5-12H,2,4H2,1H3. The van der Waals surface area contributed by atoms with Crippen molar-refractivity contribution in [1.29, 1.82) is 0 Å². The molecule has 128 valence electrons. The van der Waals surface area contributed by atoms with Crippen LogP contribution in [-0.4, -0.2) is 15.7 Å². The van der Waals surface area contributed by atoms with Crippen molar-refractivity contribution in [3.8, 4) is 11.6 Å². The minimum atomic E-state index is -0.638. The first-order valence-electron chi connectivity index (χ1n) is 7.89. The van der Waals surface area contributed by atoms with Gasteiger partial charge in [-0.05, 0) is 48.9 Å². The number of hydrogen-bond donors (Lipinski definition) is 0. The lowest BCUT2D eigenvalue weighted by Crippen LogP contribution is -2.11. The van der Waals surface area contributed by atoms with Gasteiger partial charge < -0.3 is 4.74 Å². The van der Waals surface area contributed by atoms with E-state index in [1.807, 2.05) is 6.92 Å². The first-order valence-corrected chi connectivity index (χ1v) is 7.89. The lowest BCUT2D eigenvalue weighted by atomic mass is 10.2. The molecule has 1 heterocycles. The fourth-order valence-electron chi connectivity index (χ4n) is 2.39. The molecule has 0 bridgehead atoms. The summed E-state index contributed by atoms with van der Waals surface area (Å²) in [5, 5.41) is 4.38. The fourth-order valence-corrected chi connectivity index (χ4v) is 2.39. The van der Waals surface area contributed by atoms with Crippen molar-refractivity contribution >= 4 is 5.97 Å². The molecular weight excluding hydrogens is 326 g/mol. The second-order valence-electron chi connectivity index (χ2n) is 5.51. The minimum absolute atomic E-state index is 0.184. The lowest BCUT2D eigenvalue weighted by molar-refractivity contribution is 0.0723. The van der Waals surface area contributed by atoms with Crippen LogP contribution in [0.2, 0.25) is 0 Å². The van der Waals surface area contributed by atoms with Gasteiger partial charge in [0, 0.05) is 6.07 Å². The van der Waals surface area contributed by atoms with Gasteiger partial charge in [-0.3, -0.25) is 0 Å². The molecule has 4 nitrogen and oxygen atoms in total. The second kappa shape index (κ2) is 7.25. The van der Waals surface area contributed by atoms with Gasteiger partial charge in [-0.1, -0.05) is 19.4 Å². The summed E-state index contributed by atoms with van der Waals surface area (Å²) in [6, 6.07) is 12.5. The Balaban J connectivity index is 1.94. The van der Waals surface area contributed by atoms with Gasteiger partial charge in [0.05, 0.1) is 16.9 Å². The summed E-state index contributed by atoms with van der Waals surface area (Å²) in [6.07, 6.45) is 1.56. The molecule has 0 aliphatic heterocycles. The molecule has 0 spiro atoms. The van der Waals surface area contributed by atoms with E-state index in [2.05, 4.69) is 5.10 Å². The molecule has 0 N–H and O–H groups in total. The van der Waals surface area contributed by atoms with E-state index >= 15 is 0 Å². The van der Waals surface area contributed by atoms with Gasteiger partial charge in [0.25, 0.3) is 0 Å². The van der Waals surface area contributed by atoms with Gasteiger partial charge >= 0.3 is 5.97 Å². The molecule has 0 aliphatic rings. The summed E-state index contributed by atoms with van der Waals surface area (Å²) in [4.78, 5) is 12.3. The maximum absolute atomic E-state index is 13.5. The third-order valence-corrected chi connectivity index (χ3v) is 3.56. The van der Waals surface area contributed by atoms with E-state index in [1.165, 1.54) is 41.1 Å². The number of hydrogen-bond acceptors (Lipinski definition) is 3. The summed E-state index contributed by atoms with van der Waals surface area (Å²) in [7, 11) is 0. The van der Waals surface area contributed by atoms with Crippen molar-refractivity contribution in [3.05, 3.63) is 77.5 Å². The Morgan fingerprint density at radius 3 is 2.52 bits per heavy atom. The normalized spacial score (nSPS) is 10.7. The highest BCUT2D eigenvalue weighted by atomic mass is 19.1. The van der Waals surface area contributed by atoms with E-state index in [0.717, 1.165) is 12.1 Å². The fraction of sp³-hybridized carbons (Fsp3) is 0.158. The lowest BCUT2D eigenvalue weighted by Gasteiger charge is -2.08. The third-order valence-electron chi connectivity index (χ3n) is 3.56. The molecule has 3 rings (SSSR count). The predicted octanol–water partition coefficient (Wildman–Crippen LogP) is 4.32. The molecule has 25 heavy (non-hydrogen) atoms. The zero-order chi connectivity index (χ0) is 17.8. The summed E-state index contributed by atoms with van der Waals surface area (Å²) in [5.74, 6) is -1.31. The minimum Gasteiger partial charge on any atom is -0.404 e. The Morgan fingerprint density at radius 1 is 1.08 bits per heavy atom. The van der Waals surface area contributed by atoms with E-state index in [1.54, 1.807) is 18.2 Å². The van der Waals surface area contributed by atoms with Crippen molar-refractivity contribution in [3.63, 3.8) is 0 Å². The van der Waals surface area contributed by atoms with Crippen molar-refractivity contribution in [2.24, 2.45) is 0 Å². The maximum atomic E-state index is 13.5. The second-order valence-corrected chi connectivity index (χ2v) is 5.51. The summed E-state index contributed by atoms with van der Waals surface area (Å²) in [5.41, 5.74) is 1.39. The number of halogens is 2. The van der Waals surface area contributed by atoms with Crippen molar-refractivity contribution in [2.45, 2.75) is 19.8 Å². The van der Waals surface area contributed by atoms with E-state index in [9.17, 15) is 13.6 Å². The molecule has 3 aromatic rings. The number of carbonyl (C=O) groups is 1. The molecule has 0 saturated carbocycles. The maximum Gasteiger partial charge on any atom is 0.344 e. The van der Waals surface area contributed by atoms with Crippen molar-refractivity contribution < 1.29 is 18.3 Å². The van der Waals surface area contributed by atoms with Crippen LogP contribution in [0.25, 0.3) is 5.69 Å². The first-order chi connectivity index (χ1) is 12.1. The Morgan fingerprint density at radius 2 is 1.84 bits per heavy atom. The molecule has 0 amide bonds. The number of carbonyl (C=O) groups excluding carboxylic acids is 1. The molecule has 2 aromatic carbocycles. The van der Waals surface area contributed by atoms with Gasteiger partial charge in [-0.25, -0.2) is 18.3 Å². The predicted molar refractivity (Wildman–Crippen MR) is 88.9 cm³/mol. The van der Waals surface area contributed by atoms with E-state index in [0.29, 0.717) is 12.1 Å². The van der Waals surface area contributed by atoms with Crippen LogP contribution in [0, 0.1) is 11.6 Å². The molecule has 0 saturated heterocycles. The number of aryl methyl sites for hydroxylation is 1. The number of benzene rings is 2. The zero-order valence-corrected chi connectivity index (χ0v) is 13.6. The van der Waals surface area contributed by atoms with Crippen LogP contribution in [0.5, 0.6) is 5.88 Å². The highest BCUT2D eigenvalue weighted by molar-refractivity contribution is 5.90. The number of esters is 1. The van der Waals surface area contributed by atoms with Crippen molar-refractivity contribution in [2.75, 3.05) is 0 Å². The Kier molecular flexibility index (Phi) is 4.88. The topological polar surface area (TPSA) is 44.1 Å². The number of nitrogens with zero attached hydrogens (tertiary/aromatic N) is 2. The van der Waals surface area contributed by atoms with Gasteiger partial charge in [0.1, 0.15) is 11.6 Å². The van der Waals surface area contributed by atoms with Crippen LogP contribution in [0.15, 0.2) is 54.6 Å². The largest absolute Gasteiger partial charge is 0.404 e. The summed E-state index contributed by atoms with van der Waals surface area (Å²) >= 11 is 0. The highest BCUT2D eigenvalue weighted by Crippen LogP contribution is 2.22. The Labute approximate surface area is 143 Å². The third kappa shape index (κ3) is 3.91. The first kappa shape index (κ1) is 16.8. The highest BCUT2D eigenvalue weighted by Gasteiger charge is 2.16. The molecule has 0 atom stereocenters. The van der Waals surface area contributed by atoms with Gasteiger partial charge in [-0.15, -0.1) is 0 Å². The number of ether oxygens (including phenoxy) is 1. The average molecular weight is 342 g/mol. The molecular formula is C19H16F2N2O2. The van der Waals surface area contributed by atoms with Crippen LogP contribution in [-0.2, 0) is 6.42 Å². The summed E-state index contributed by atoms with van der Waals surface area (Å²) in [6.45, 7) is 2.01. The number of aromatic nitrogens is 2. The molecule has 0 unspecified atom stereocenters. The Bertz CT molecular complexity index is 889. The van der Waals surface area contributed by atoms with Gasteiger partial charge in [0.15, 0.2) is 0 Å². The van der Waals surface area contributed by atoms with Crippen LogP contribution >= 0.6 is 0 Å². The quantitative estimate of drug-likeness (QED) is 0.649. The van der Waals surface area contributed by atoms with Gasteiger partial charge in [0.2, 0.25) is 5.88 Å². The average Bonchev–Trinajstić information content (AvgIpc) is 2.98. The van der Waals surface area contributed by atoms with Crippen LogP contribution < -0.4 is 4.74 Å². The molecule has 0 radical (unpaired) electrons.